The molecule has 0 saturated heterocycles. The van der Waals surface area contributed by atoms with Gasteiger partial charge in [0.1, 0.15) is 5.82 Å². The number of ether oxygens (including phenoxy) is 1. The smallest absolute Gasteiger partial charge is 0.323 e. The SMILES string of the molecule is CCOc1nc(NC)nc(Nc2c(Cl)cc(F)cc2Cl)n1. The van der Waals surface area contributed by atoms with Gasteiger partial charge in [-0.25, -0.2) is 4.39 Å². The Morgan fingerprint density at radius 2 is 1.76 bits per heavy atom. The zero-order chi connectivity index (χ0) is 15.4. The first-order valence-electron chi connectivity index (χ1n) is 6.01. The van der Waals surface area contributed by atoms with Gasteiger partial charge in [-0.2, -0.15) is 15.0 Å². The molecule has 1 aromatic heterocycles. The van der Waals surface area contributed by atoms with Crippen molar-refractivity contribution < 1.29 is 9.13 Å². The van der Waals surface area contributed by atoms with Crippen molar-refractivity contribution in [3.8, 4) is 6.01 Å². The highest BCUT2D eigenvalue weighted by atomic mass is 35.5. The van der Waals surface area contributed by atoms with Crippen LogP contribution in [0, 0.1) is 5.82 Å². The van der Waals surface area contributed by atoms with Crippen LogP contribution in [0.1, 0.15) is 6.92 Å². The summed E-state index contributed by atoms with van der Waals surface area (Å²) in [6, 6.07) is 2.42. The van der Waals surface area contributed by atoms with Crippen LogP contribution in [0.5, 0.6) is 6.01 Å². The lowest BCUT2D eigenvalue weighted by molar-refractivity contribution is 0.312. The zero-order valence-corrected chi connectivity index (χ0v) is 12.8. The quantitative estimate of drug-likeness (QED) is 0.873. The molecule has 0 aliphatic rings. The largest absolute Gasteiger partial charge is 0.464 e. The van der Waals surface area contributed by atoms with Gasteiger partial charge in [-0.3, -0.25) is 0 Å². The first-order valence-corrected chi connectivity index (χ1v) is 6.77. The fourth-order valence-corrected chi connectivity index (χ4v) is 2.05. The van der Waals surface area contributed by atoms with Crippen molar-refractivity contribution in [2.75, 3.05) is 24.3 Å². The van der Waals surface area contributed by atoms with Crippen LogP contribution < -0.4 is 15.4 Å². The summed E-state index contributed by atoms with van der Waals surface area (Å²) < 4.78 is 18.4. The van der Waals surface area contributed by atoms with Gasteiger partial charge in [-0.1, -0.05) is 23.2 Å². The van der Waals surface area contributed by atoms with Gasteiger partial charge in [-0.05, 0) is 19.1 Å². The third-order valence-corrected chi connectivity index (χ3v) is 2.95. The predicted octanol–water partition coefficient (Wildman–Crippen LogP) is 3.50. The molecule has 1 aromatic carbocycles. The molecule has 0 radical (unpaired) electrons. The maximum atomic E-state index is 13.2. The van der Waals surface area contributed by atoms with E-state index in [2.05, 4.69) is 25.6 Å². The molecule has 0 unspecified atom stereocenters. The van der Waals surface area contributed by atoms with Gasteiger partial charge in [0.05, 0.1) is 22.3 Å². The minimum Gasteiger partial charge on any atom is -0.464 e. The second-order valence-electron chi connectivity index (χ2n) is 3.82. The van der Waals surface area contributed by atoms with Crippen LogP contribution in [-0.2, 0) is 0 Å². The van der Waals surface area contributed by atoms with E-state index in [1.165, 1.54) is 0 Å². The van der Waals surface area contributed by atoms with E-state index in [1.807, 2.05) is 6.92 Å². The van der Waals surface area contributed by atoms with Gasteiger partial charge >= 0.3 is 6.01 Å². The molecule has 2 aromatic rings. The minimum absolute atomic E-state index is 0.115. The average Bonchev–Trinajstić information content (AvgIpc) is 2.43. The van der Waals surface area contributed by atoms with E-state index < -0.39 is 5.82 Å². The molecule has 0 bridgehead atoms. The molecule has 0 atom stereocenters. The highest BCUT2D eigenvalue weighted by molar-refractivity contribution is 6.39. The number of nitrogens with one attached hydrogen (secondary N) is 2. The molecule has 0 spiro atoms. The Balaban J connectivity index is 2.37. The number of hydrogen-bond acceptors (Lipinski definition) is 6. The fraction of sp³-hybridized carbons (Fsp3) is 0.250. The number of benzene rings is 1. The van der Waals surface area contributed by atoms with Gasteiger partial charge in [0.2, 0.25) is 11.9 Å². The highest BCUT2D eigenvalue weighted by Crippen LogP contribution is 2.33. The number of hydrogen-bond donors (Lipinski definition) is 2. The summed E-state index contributed by atoms with van der Waals surface area (Å²) in [5.41, 5.74) is 0.301. The fourth-order valence-electron chi connectivity index (χ4n) is 1.49. The van der Waals surface area contributed by atoms with Gasteiger partial charge in [0, 0.05) is 7.05 Å². The first-order chi connectivity index (χ1) is 10.0. The molecule has 0 aliphatic carbocycles. The lowest BCUT2D eigenvalue weighted by Gasteiger charge is -2.11. The number of anilines is 3. The molecule has 0 fully saturated rings. The summed E-state index contributed by atoms with van der Waals surface area (Å²) >= 11 is 11.9. The van der Waals surface area contributed by atoms with Crippen LogP contribution in [-0.4, -0.2) is 28.6 Å². The Labute approximate surface area is 130 Å². The highest BCUT2D eigenvalue weighted by Gasteiger charge is 2.12. The Hall–Kier alpha value is -1.86. The van der Waals surface area contributed by atoms with Gasteiger partial charge in [0.15, 0.2) is 0 Å². The molecule has 21 heavy (non-hydrogen) atoms. The molecule has 0 saturated carbocycles. The van der Waals surface area contributed by atoms with Gasteiger partial charge in [0.25, 0.3) is 0 Å². The van der Waals surface area contributed by atoms with E-state index >= 15 is 0 Å². The molecular formula is C12H12Cl2FN5O. The van der Waals surface area contributed by atoms with Crippen molar-refractivity contribution in [2.24, 2.45) is 0 Å². The van der Waals surface area contributed by atoms with Crippen molar-refractivity contribution in [3.05, 3.63) is 28.0 Å². The van der Waals surface area contributed by atoms with Crippen LogP contribution in [0.4, 0.5) is 22.0 Å². The number of halogens is 3. The van der Waals surface area contributed by atoms with E-state index in [0.717, 1.165) is 12.1 Å². The summed E-state index contributed by atoms with van der Waals surface area (Å²) in [6.45, 7) is 2.22. The maximum Gasteiger partial charge on any atom is 0.323 e. The average molecular weight is 332 g/mol. The zero-order valence-electron chi connectivity index (χ0n) is 11.2. The normalized spacial score (nSPS) is 10.3. The van der Waals surface area contributed by atoms with E-state index in [1.54, 1.807) is 7.05 Å². The molecular weight excluding hydrogens is 320 g/mol. The van der Waals surface area contributed by atoms with Crippen LogP contribution in [0.15, 0.2) is 12.1 Å². The summed E-state index contributed by atoms with van der Waals surface area (Å²) in [6.07, 6.45) is 0. The molecule has 2 N–H and O–H groups in total. The molecule has 2 rings (SSSR count). The standard InChI is InChI=1S/C12H12Cl2FN5O/c1-3-21-12-19-10(16-2)18-11(20-12)17-9-7(13)4-6(15)5-8(9)14/h4-5H,3H2,1-2H3,(H2,16,17,18,19,20). The summed E-state index contributed by atoms with van der Waals surface area (Å²) in [4.78, 5) is 12.2. The lowest BCUT2D eigenvalue weighted by atomic mass is 10.3. The van der Waals surface area contributed by atoms with Crippen molar-refractivity contribution in [1.82, 2.24) is 15.0 Å². The number of nitrogens with zero attached hydrogens (tertiary/aromatic N) is 3. The van der Waals surface area contributed by atoms with Crippen molar-refractivity contribution >= 4 is 40.8 Å². The Morgan fingerprint density at radius 1 is 1.14 bits per heavy atom. The van der Waals surface area contributed by atoms with Crippen LogP contribution >= 0.6 is 23.2 Å². The predicted molar refractivity (Wildman–Crippen MR) is 80.2 cm³/mol. The second kappa shape index (κ2) is 6.73. The van der Waals surface area contributed by atoms with Crippen LogP contribution in [0.3, 0.4) is 0 Å². The molecule has 9 heteroatoms. The minimum atomic E-state index is -0.530. The van der Waals surface area contributed by atoms with E-state index in [4.69, 9.17) is 27.9 Å². The molecule has 0 aliphatic heterocycles. The molecule has 6 nitrogen and oxygen atoms in total. The Bertz CT molecular complexity index is 633. The van der Waals surface area contributed by atoms with Crippen LogP contribution in [0.2, 0.25) is 10.0 Å². The number of aromatic nitrogens is 3. The van der Waals surface area contributed by atoms with Crippen molar-refractivity contribution in [3.63, 3.8) is 0 Å². The van der Waals surface area contributed by atoms with E-state index in [0.29, 0.717) is 18.2 Å². The summed E-state index contributed by atoms with van der Waals surface area (Å²) in [5, 5.41) is 5.84. The van der Waals surface area contributed by atoms with Crippen molar-refractivity contribution in [1.29, 1.82) is 0 Å². The Kier molecular flexibility index (Phi) is 4.98. The summed E-state index contributed by atoms with van der Waals surface area (Å²) in [5.74, 6) is -0.0457. The van der Waals surface area contributed by atoms with E-state index in [9.17, 15) is 4.39 Å². The van der Waals surface area contributed by atoms with Crippen LogP contribution in [0.25, 0.3) is 0 Å². The van der Waals surface area contributed by atoms with Gasteiger partial charge < -0.3 is 15.4 Å². The monoisotopic (exact) mass is 331 g/mol. The van der Waals surface area contributed by atoms with Gasteiger partial charge in [-0.15, -0.1) is 0 Å². The third kappa shape index (κ3) is 3.83. The number of rotatable bonds is 5. The molecule has 112 valence electrons. The molecule has 1 heterocycles. The second-order valence-corrected chi connectivity index (χ2v) is 4.63. The maximum absolute atomic E-state index is 13.2. The van der Waals surface area contributed by atoms with E-state index in [-0.39, 0.29) is 22.0 Å². The Morgan fingerprint density at radius 3 is 2.33 bits per heavy atom. The third-order valence-electron chi connectivity index (χ3n) is 2.36. The molecule has 0 amide bonds. The summed E-state index contributed by atoms with van der Waals surface area (Å²) in [7, 11) is 1.66. The van der Waals surface area contributed by atoms with Crippen molar-refractivity contribution in [2.45, 2.75) is 6.92 Å². The first kappa shape index (κ1) is 15.5. The lowest BCUT2D eigenvalue weighted by Crippen LogP contribution is -2.07. The topological polar surface area (TPSA) is 72.0 Å².